The second-order valence-corrected chi connectivity index (χ2v) is 3.91. The standard InChI is InChI=1S/C10H24N2/c1-5-6-11-7-8-12(4)9-10(2)3/h10-11H,5-9H2,1-4H3. The lowest BCUT2D eigenvalue weighted by Crippen LogP contribution is -2.31. The van der Waals surface area contributed by atoms with Gasteiger partial charge in [-0.05, 0) is 25.9 Å². The molecule has 0 heterocycles. The Morgan fingerprint density at radius 3 is 2.42 bits per heavy atom. The summed E-state index contributed by atoms with van der Waals surface area (Å²) < 4.78 is 0. The smallest absolute Gasteiger partial charge is 0.0104 e. The molecule has 0 bridgehead atoms. The Labute approximate surface area is 77.3 Å². The first-order chi connectivity index (χ1) is 5.66. The molecule has 0 spiro atoms. The summed E-state index contributed by atoms with van der Waals surface area (Å²) in [5.41, 5.74) is 0. The van der Waals surface area contributed by atoms with Gasteiger partial charge in [-0.2, -0.15) is 0 Å². The van der Waals surface area contributed by atoms with E-state index in [1.165, 1.54) is 13.0 Å². The zero-order valence-corrected chi connectivity index (χ0v) is 9.06. The molecule has 0 aromatic carbocycles. The number of likely N-dealkylation sites (N-methyl/N-ethyl adjacent to an activating group) is 1. The maximum Gasteiger partial charge on any atom is 0.0104 e. The molecule has 0 atom stereocenters. The summed E-state index contributed by atoms with van der Waals surface area (Å²) in [6, 6.07) is 0. The van der Waals surface area contributed by atoms with Crippen molar-refractivity contribution in [3.63, 3.8) is 0 Å². The van der Waals surface area contributed by atoms with Crippen LogP contribution in [0, 0.1) is 5.92 Å². The van der Waals surface area contributed by atoms with Crippen LogP contribution in [-0.4, -0.2) is 38.1 Å². The van der Waals surface area contributed by atoms with E-state index in [1.54, 1.807) is 0 Å². The molecule has 0 aliphatic rings. The summed E-state index contributed by atoms with van der Waals surface area (Å²) in [4.78, 5) is 2.38. The van der Waals surface area contributed by atoms with E-state index in [2.05, 4.69) is 38.0 Å². The van der Waals surface area contributed by atoms with Crippen LogP contribution < -0.4 is 5.32 Å². The predicted molar refractivity (Wildman–Crippen MR) is 55.5 cm³/mol. The molecule has 0 saturated carbocycles. The van der Waals surface area contributed by atoms with Crippen molar-refractivity contribution in [3.05, 3.63) is 0 Å². The number of hydrogen-bond donors (Lipinski definition) is 1. The van der Waals surface area contributed by atoms with Crippen molar-refractivity contribution in [1.82, 2.24) is 10.2 Å². The Morgan fingerprint density at radius 1 is 1.25 bits per heavy atom. The molecule has 0 unspecified atom stereocenters. The second-order valence-electron chi connectivity index (χ2n) is 3.91. The second kappa shape index (κ2) is 7.56. The monoisotopic (exact) mass is 172 g/mol. The average Bonchev–Trinajstić information content (AvgIpc) is 1.97. The van der Waals surface area contributed by atoms with Crippen LogP contribution in [0.3, 0.4) is 0 Å². The minimum Gasteiger partial charge on any atom is -0.315 e. The molecular weight excluding hydrogens is 148 g/mol. The van der Waals surface area contributed by atoms with E-state index in [0.29, 0.717) is 0 Å². The summed E-state index contributed by atoms with van der Waals surface area (Å²) in [6.07, 6.45) is 1.23. The maximum atomic E-state index is 3.40. The molecule has 12 heavy (non-hydrogen) atoms. The fraction of sp³-hybridized carbons (Fsp3) is 1.00. The third-order valence-corrected chi connectivity index (χ3v) is 1.77. The fourth-order valence-electron chi connectivity index (χ4n) is 1.29. The van der Waals surface area contributed by atoms with Crippen LogP contribution in [0.25, 0.3) is 0 Å². The molecule has 2 heteroatoms. The summed E-state index contributed by atoms with van der Waals surface area (Å²) in [5, 5.41) is 3.40. The molecule has 1 N–H and O–H groups in total. The minimum atomic E-state index is 0.779. The van der Waals surface area contributed by atoms with Gasteiger partial charge in [0.15, 0.2) is 0 Å². The Hall–Kier alpha value is -0.0800. The van der Waals surface area contributed by atoms with Gasteiger partial charge in [-0.15, -0.1) is 0 Å². The van der Waals surface area contributed by atoms with Crippen LogP contribution in [-0.2, 0) is 0 Å². The first kappa shape index (κ1) is 11.9. The number of nitrogens with zero attached hydrogens (tertiary/aromatic N) is 1. The zero-order chi connectivity index (χ0) is 9.40. The lowest BCUT2D eigenvalue weighted by molar-refractivity contribution is 0.295. The van der Waals surface area contributed by atoms with Crippen molar-refractivity contribution in [2.75, 3.05) is 33.2 Å². The quantitative estimate of drug-likeness (QED) is 0.586. The highest BCUT2D eigenvalue weighted by Crippen LogP contribution is 1.93. The zero-order valence-electron chi connectivity index (χ0n) is 9.06. The van der Waals surface area contributed by atoms with Crippen molar-refractivity contribution in [3.8, 4) is 0 Å². The molecule has 0 amide bonds. The van der Waals surface area contributed by atoms with Gasteiger partial charge in [0, 0.05) is 19.6 Å². The van der Waals surface area contributed by atoms with Gasteiger partial charge in [-0.25, -0.2) is 0 Å². The highest BCUT2D eigenvalue weighted by molar-refractivity contribution is 4.56. The highest BCUT2D eigenvalue weighted by Gasteiger charge is 1.99. The van der Waals surface area contributed by atoms with Gasteiger partial charge in [0.1, 0.15) is 0 Å². The van der Waals surface area contributed by atoms with Gasteiger partial charge < -0.3 is 10.2 Å². The van der Waals surface area contributed by atoms with Crippen LogP contribution in [0.5, 0.6) is 0 Å². The SMILES string of the molecule is CCCNCCN(C)CC(C)C. The molecule has 74 valence electrons. The van der Waals surface area contributed by atoms with Crippen LogP contribution in [0.15, 0.2) is 0 Å². The van der Waals surface area contributed by atoms with E-state index < -0.39 is 0 Å². The van der Waals surface area contributed by atoms with Crippen LogP contribution in [0.4, 0.5) is 0 Å². The van der Waals surface area contributed by atoms with Gasteiger partial charge in [0.25, 0.3) is 0 Å². The number of hydrogen-bond acceptors (Lipinski definition) is 2. The molecule has 0 aromatic rings. The van der Waals surface area contributed by atoms with Gasteiger partial charge in [0.05, 0.1) is 0 Å². The minimum absolute atomic E-state index is 0.779. The lowest BCUT2D eigenvalue weighted by Gasteiger charge is -2.18. The van der Waals surface area contributed by atoms with Gasteiger partial charge >= 0.3 is 0 Å². The van der Waals surface area contributed by atoms with Gasteiger partial charge in [-0.1, -0.05) is 20.8 Å². The van der Waals surface area contributed by atoms with Crippen molar-refractivity contribution >= 4 is 0 Å². The average molecular weight is 172 g/mol. The normalized spacial score (nSPS) is 11.5. The van der Waals surface area contributed by atoms with Crippen LogP contribution in [0.2, 0.25) is 0 Å². The Balaban J connectivity index is 3.14. The van der Waals surface area contributed by atoms with Gasteiger partial charge in [-0.3, -0.25) is 0 Å². The third kappa shape index (κ3) is 8.02. The van der Waals surface area contributed by atoms with E-state index in [-0.39, 0.29) is 0 Å². The number of nitrogens with one attached hydrogen (secondary N) is 1. The molecule has 0 aromatic heterocycles. The molecular formula is C10H24N2. The Morgan fingerprint density at radius 2 is 1.92 bits per heavy atom. The van der Waals surface area contributed by atoms with Crippen molar-refractivity contribution < 1.29 is 0 Å². The van der Waals surface area contributed by atoms with Crippen LogP contribution >= 0.6 is 0 Å². The maximum absolute atomic E-state index is 3.40. The Kier molecular flexibility index (Phi) is 7.51. The summed E-state index contributed by atoms with van der Waals surface area (Å²) in [5.74, 6) is 0.779. The Bertz CT molecular complexity index is 91.8. The molecule has 0 radical (unpaired) electrons. The van der Waals surface area contributed by atoms with Crippen molar-refractivity contribution in [2.24, 2.45) is 5.92 Å². The molecule has 0 fully saturated rings. The van der Waals surface area contributed by atoms with E-state index in [9.17, 15) is 0 Å². The predicted octanol–water partition coefficient (Wildman–Crippen LogP) is 1.57. The van der Waals surface area contributed by atoms with E-state index in [4.69, 9.17) is 0 Å². The third-order valence-electron chi connectivity index (χ3n) is 1.77. The molecule has 0 aliphatic carbocycles. The topological polar surface area (TPSA) is 15.3 Å². The lowest BCUT2D eigenvalue weighted by atomic mass is 10.2. The molecule has 0 aliphatic heterocycles. The first-order valence-electron chi connectivity index (χ1n) is 5.06. The molecule has 2 nitrogen and oxygen atoms in total. The molecule has 0 saturated heterocycles. The highest BCUT2D eigenvalue weighted by atomic mass is 15.1. The van der Waals surface area contributed by atoms with E-state index >= 15 is 0 Å². The van der Waals surface area contributed by atoms with E-state index in [0.717, 1.165) is 25.6 Å². The van der Waals surface area contributed by atoms with Crippen molar-refractivity contribution in [1.29, 1.82) is 0 Å². The largest absolute Gasteiger partial charge is 0.315 e. The summed E-state index contributed by atoms with van der Waals surface area (Å²) in [6.45, 7) is 11.4. The number of rotatable bonds is 7. The van der Waals surface area contributed by atoms with Crippen LogP contribution in [0.1, 0.15) is 27.2 Å². The first-order valence-corrected chi connectivity index (χ1v) is 5.06. The van der Waals surface area contributed by atoms with Gasteiger partial charge in [0.2, 0.25) is 0 Å². The summed E-state index contributed by atoms with van der Waals surface area (Å²) >= 11 is 0. The van der Waals surface area contributed by atoms with Crippen molar-refractivity contribution in [2.45, 2.75) is 27.2 Å². The summed E-state index contributed by atoms with van der Waals surface area (Å²) in [7, 11) is 2.19. The van der Waals surface area contributed by atoms with E-state index in [1.807, 2.05) is 0 Å². The molecule has 0 rings (SSSR count). The fourth-order valence-corrected chi connectivity index (χ4v) is 1.29.